The number of rotatable bonds is 3. The molecule has 4 aromatic rings. The maximum atomic E-state index is 4.52. The van der Waals surface area contributed by atoms with E-state index >= 15 is 0 Å². The van der Waals surface area contributed by atoms with Crippen LogP contribution < -0.4 is 5.32 Å². The van der Waals surface area contributed by atoms with Gasteiger partial charge in [-0.25, -0.2) is 15.0 Å². The number of nitrogens with one attached hydrogen (secondary N) is 2. The third-order valence-corrected chi connectivity index (χ3v) is 3.73. The number of H-pyrrole nitrogens is 1. The Kier molecular flexibility index (Phi) is 2.82. The summed E-state index contributed by atoms with van der Waals surface area (Å²) in [5, 5.41) is 13.8. The number of aromatic amines is 1. The Hall–Kier alpha value is -2.80. The van der Waals surface area contributed by atoms with Crippen LogP contribution in [0.1, 0.15) is 0 Å². The topological polar surface area (TPSA) is 79.4 Å². The maximum Gasteiger partial charge on any atom is 0.229 e. The lowest BCUT2D eigenvalue weighted by Gasteiger charge is -2.04. The van der Waals surface area contributed by atoms with Gasteiger partial charge in [0.2, 0.25) is 5.95 Å². The van der Waals surface area contributed by atoms with E-state index in [-0.39, 0.29) is 0 Å². The van der Waals surface area contributed by atoms with Crippen molar-refractivity contribution in [1.29, 1.82) is 0 Å². The first-order valence-electron chi connectivity index (χ1n) is 6.31. The molecule has 0 aliphatic heterocycles. The van der Waals surface area contributed by atoms with Crippen molar-refractivity contribution in [3.05, 3.63) is 48.2 Å². The average Bonchev–Trinajstić information content (AvgIpc) is 3.17. The molecule has 0 unspecified atom stereocenters. The van der Waals surface area contributed by atoms with Gasteiger partial charge in [0.15, 0.2) is 5.13 Å². The highest BCUT2D eigenvalue weighted by Gasteiger charge is 2.05. The minimum absolute atomic E-state index is 0.534. The Morgan fingerprint density at radius 2 is 2.10 bits per heavy atom. The Labute approximate surface area is 123 Å². The first-order valence-corrected chi connectivity index (χ1v) is 7.19. The number of fused-ring (bicyclic) bond motifs is 1. The molecule has 0 amide bonds. The summed E-state index contributed by atoms with van der Waals surface area (Å²) < 4.78 is 0. The van der Waals surface area contributed by atoms with Crippen molar-refractivity contribution < 1.29 is 0 Å². The minimum atomic E-state index is 0.534. The van der Waals surface area contributed by atoms with E-state index in [1.807, 2.05) is 29.6 Å². The van der Waals surface area contributed by atoms with Crippen molar-refractivity contribution in [3.63, 3.8) is 0 Å². The number of aromatic nitrogens is 5. The number of hydrogen-bond acceptors (Lipinski definition) is 6. The third kappa shape index (κ3) is 2.34. The Bertz CT molecular complexity index is 883. The number of nitrogens with zero attached hydrogens (tertiary/aromatic N) is 4. The highest BCUT2D eigenvalue weighted by atomic mass is 32.1. The molecule has 0 radical (unpaired) electrons. The Morgan fingerprint density at radius 1 is 1.10 bits per heavy atom. The maximum absolute atomic E-state index is 4.52. The first-order chi connectivity index (χ1) is 10.4. The fourth-order valence-electron chi connectivity index (χ4n) is 2.06. The van der Waals surface area contributed by atoms with Crippen LogP contribution in [0.4, 0.5) is 11.1 Å². The van der Waals surface area contributed by atoms with Gasteiger partial charge in [-0.15, -0.1) is 11.3 Å². The molecule has 0 spiro atoms. The molecule has 0 saturated heterocycles. The van der Waals surface area contributed by atoms with Crippen LogP contribution in [0.5, 0.6) is 0 Å². The van der Waals surface area contributed by atoms with E-state index in [4.69, 9.17) is 0 Å². The van der Waals surface area contributed by atoms with Crippen LogP contribution in [0, 0.1) is 0 Å². The molecule has 7 heteroatoms. The number of benzene rings is 1. The van der Waals surface area contributed by atoms with E-state index in [2.05, 4.69) is 30.5 Å². The SMILES string of the molecule is c1cc(-c2ccc3cn[nH]c3c2)nc(Nc2nccs2)n1. The van der Waals surface area contributed by atoms with Crippen LogP contribution in [0.25, 0.3) is 22.2 Å². The molecule has 0 bridgehead atoms. The summed E-state index contributed by atoms with van der Waals surface area (Å²) in [5.74, 6) is 0.534. The number of hydrogen-bond donors (Lipinski definition) is 2. The summed E-state index contributed by atoms with van der Waals surface area (Å²) in [6.45, 7) is 0. The molecule has 102 valence electrons. The molecule has 0 saturated carbocycles. The van der Waals surface area contributed by atoms with Crippen molar-refractivity contribution in [2.24, 2.45) is 0 Å². The van der Waals surface area contributed by atoms with Crippen molar-refractivity contribution in [2.45, 2.75) is 0 Å². The molecule has 3 heterocycles. The van der Waals surface area contributed by atoms with Crippen LogP contribution in [0.2, 0.25) is 0 Å². The van der Waals surface area contributed by atoms with E-state index in [1.165, 1.54) is 11.3 Å². The fourth-order valence-corrected chi connectivity index (χ4v) is 2.58. The zero-order valence-electron chi connectivity index (χ0n) is 10.8. The summed E-state index contributed by atoms with van der Waals surface area (Å²) in [7, 11) is 0. The molecule has 0 fully saturated rings. The predicted molar refractivity (Wildman–Crippen MR) is 82.5 cm³/mol. The van der Waals surface area contributed by atoms with Crippen molar-refractivity contribution >= 4 is 33.3 Å². The molecule has 6 nitrogen and oxygen atoms in total. The van der Waals surface area contributed by atoms with E-state index < -0.39 is 0 Å². The second-order valence-corrected chi connectivity index (χ2v) is 5.29. The molecular weight excluding hydrogens is 284 g/mol. The summed E-state index contributed by atoms with van der Waals surface area (Å²) >= 11 is 1.51. The highest BCUT2D eigenvalue weighted by Crippen LogP contribution is 2.23. The van der Waals surface area contributed by atoms with Gasteiger partial charge >= 0.3 is 0 Å². The Balaban J connectivity index is 1.71. The van der Waals surface area contributed by atoms with Gasteiger partial charge in [0.25, 0.3) is 0 Å². The Morgan fingerprint density at radius 3 is 3.00 bits per heavy atom. The molecule has 4 rings (SSSR count). The van der Waals surface area contributed by atoms with Crippen molar-refractivity contribution in [2.75, 3.05) is 5.32 Å². The highest BCUT2D eigenvalue weighted by molar-refractivity contribution is 7.13. The number of thiazole rings is 1. The molecule has 3 aromatic heterocycles. The van der Waals surface area contributed by atoms with E-state index in [9.17, 15) is 0 Å². The van der Waals surface area contributed by atoms with Gasteiger partial charge < -0.3 is 5.32 Å². The van der Waals surface area contributed by atoms with Gasteiger partial charge in [0.1, 0.15) is 0 Å². The van der Waals surface area contributed by atoms with Crippen LogP contribution in [0.3, 0.4) is 0 Å². The quantitative estimate of drug-likeness (QED) is 0.606. The lowest BCUT2D eigenvalue weighted by Crippen LogP contribution is -1.97. The molecule has 1 aromatic carbocycles. The predicted octanol–water partition coefficient (Wildman–Crippen LogP) is 3.22. The molecule has 0 aliphatic rings. The molecule has 0 atom stereocenters. The minimum Gasteiger partial charge on any atom is -0.300 e. The molecule has 2 N–H and O–H groups in total. The third-order valence-electron chi connectivity index (χ3n) is 3.04. The largest absolute Gasteiger partial charge is 0.300 e. The zero-order valence-corrected chi connectivity index (χ0v) is 11.6. The standard InChI is InChI=1S/C14H10N6S/c1-2-10-8-17-20-12(10)7-9(1)11-3-4-15-13(18-11)19-14-16-5-6-21-14/h1-8H,(H,17,20)(H,15,16,18,19). The van der Waals surface area contributed by atoms with Gasteiger partial charge in [-0.3, -0.25) is 5.10 Å². The van der Waals surface area contributed by atoms with Crippen molar-refractivity contribution in [1.82, 2.24) is 25.1 Å². The van der Waals surface area contributed by atoms with Gasteiger partial charge in [-0.1, -0.05) is 12.1 Å². The lowest BCUT2D eigenvalue weighted by atomic mass is 10.1. The van der Waals surface area contributed by atoms with E-state index in [1.54, 1.807) is 18.6 Å². The smallest absolute Gasteiger partial charge is 0.229 e. The molecular formula is C14H10N6S. The van der Waals surface area contributed by atoms with Crippen LogP contribution >= 0.6 is 11.3 Å². The average molecular weight is 294 g/mol. The van der Waals surface area contributed by atoms with Gasteiger partial charge in [-0.2, -0.15) is 5.10 Å². The normalized spacial score (nSPS) is 10.9. The monoisotopic (exact) mass is 294 g/mol. The van der Waals surface area contributed by atoms with Crippen LogP contribution in [0.15, 0.2) is 48.2 Å². The van der Waals surface area contributed by atoms with Gasteiger partial charge in [0.05, 0.1) is 17.4 Å². The van der Waals surface area contributed by atoms with E-state index in [0.717, 1.165) is 27.3 Å². The lowest BCUT2D eigenvalue weighted by molar-refractivity contribution is 1.12. The summed E-state index contributed by atoms with van der Waals surface area (Å²) in [6.07, 6.45) is 5.27. The fraction of sp³-hybridized carbons (Fsp3) is 0. The zero-order chi connectivity index (χ0) is 14.1. The number of anilines is 2. The summed E-state index contributed by atoms with van der Waals surface area (Å²) in [4.78, 5) is 12.9. The van der Waals surface area contributed by atoms with Crippen LogP contribution in [-0.2, 0) is 0 Å². The van der Waals surface area contributed by atoms with Gasteiger partial charge in [0, 0.05) is 28.7 Å². The first kappa shape index (κ1) is 12.0. The summed E-state index contributed by atoms with van der Waals surface area (Å²) in [6, 6.07) is 7.94. The van der Waals surface area contributed by atoms with Gasteiger partial charge in [-0.05, 0) is 12.1 Å². The second-order valence-electron chi connectivity index (χ2n) is 4.40. The molecule has 21 heavy (non-hydrogen) atoms. The van der Waals surface area contributed by atoms with E-state index in [0.29, 0.717) is 5.95 Å². The second kappa shape index (κ2) is 4.95. The summed E-state index contributed by atoms with van der Waals surface area (Å²) in [5.41, 5.74) is 2.84. The van der Waals surface area contributed by atoms with Crippen molar-refractivity contribution in [3.8, 4) is 11.3 Å². The van der Waals surface area contributed by atoms with Crippen LogP contribution in [-0.4, -0.2) is 25.1 Å². The molecule has 0 aliphatic carbocycles.